The number of ether oxygens (including phenoxy) is 2. The Labute approximate surface area is 200 Å². The van der Waals surface area contributed by atoms with Crippen molar-refractivity contribution in [1.82, 2.24) is 0 Å². The van der Waals surface area contributed by atoms with Crippen molar-refractivity contribution in [3.63, 3.8) is 0 Å². The molecule has 0 spiro atoms. The van der Waals surface area contributed by atoms with Crippen molar-refractivity contribution in [3.05, 3.63) is 83.0 Å². The van der Waals surface area contributed by atoms with Gasteiger partial charge in [-0.3, -0.25) is 0 Å². The van der Waals surface area contributed by atoms with Crippen molar-refractivity contribution in [2.24, 2.45) is 17.8 Å². The van der Waals surface area contributed by atoms with E-state index in [1.54, 1.807) is 5.57 Å². The fraction of sp³-hybridized carbons (Fsp3) is 0.419. The van der Waals surface area contributed by atoms with Crippen LogP contribution in [-0.4, -0.2) is 13.2 Å². The first-order chi connectivity index (χ1) is 15.9. The molecule has 0 aliphatic heterocycles. The van der Waals surface area contributed by atoms with E-state index in [-0.39, 0.29) is 0 Å². The van der Waals surface area contributed by atoms with Crippen LogP contribution in [0.2, 0.25) is 0 Å². The maximum atomic E-state index is 5.89. The molecular weight excluding hydrogens is 404 g/mol. The van der Waals surface area contributed by atoms with Crippen LogP contribution in [0.15, 0.2) is 71.8 Å². The number of rotatable bonds is 8. The van der Waals surface area contributed by atoms with Gasteiger partial charge in [-0.2, -0.15) is 0 Å². The molecule has 2 aliphatic rings. The third-order valence-electron chi connectivity index (χ3n) is 6.53. The second kappa shape index (κ2) is 10.5. The Kier molecular flexibility index (Phi) is 7.42. The zero-order valence-corrected chi connectivity index (χ0v) is 20.9. The Morgan fingerprint density at radius 2 is 1.30 bits per heavy atom. The third-order valence-corrected chi connectivity index (χ3v) is 6.53. The third kappa shape index (κ3) is 5.79. The molecule has 0 N–H and O–H groups in total. The highest BCUT2D eigenvalue weighted by Crippen LogP contribution is 2.45. The Morgan fingerprint density at radius 3 is 1.76 bits per heavy atom. The van der Waals surface area contributed by atoms with Crippen molar-refractivity contribution >= 4 is 11.1 Å². The maximum Gasteiger partial charge on any atom is 0.119 e. The van der Waals surface area contributed by atoms with E-state index in [1.807, 2.05) is 0 Å². The van der Waals surface area contributed by atoms with Crippen LogP contribution in [0.1, 0.15) is 65.0 Å². The lowest BCUT2D eigenvalue weighted by atomic mass is 9.72. The molecule has 0 aromatic heterocycles. The highest BCUT2D eigenvalue weighted by molar-refractivity contribution is 5.89. The van der Waals surface area contributed by atoms with E-state index in [0.717, 1.165) is 31.1 Å². The number of hydrogen-bond acceptors (Lipinski definition) is 2. The molecule has 2 nitrogen and oxygen atoms in total. The molecule has 174 valence electrons. The zero-order valence-electron chi connectivity index (χ0n) is 20.9. The summed E-state index contributed by atoms with van der Waals surface area (Å²) in [5.41, 5.74) is 8.46. The Balaban J connectivity index is 1.58. The van der Waals surface area contributed by atoms with Gasteiger partial charge in [0.2, 0.25) is 0 Å². The summed E-state index contributed by atoms with van der Waals surface area (Å²) >= 11 is 0. The SMILES string of the molecule is CC(C)COc1ccc(C2=CC=C(c3ccc(OCC(C)C)cc3)/C(=C3\CCC3C)C2)cc1. The monoisotopic (exact) mass is 442 g/mol. The van der Waals surface area contributed by atoms with Crippen molar-refractivity contribution in [2.45, 2.75) is 53.9 Å². The Bertz CT molecular complexity index is 1030. The van der Waals surface area contributed by atoms with E-state index in [1.165, 1.54) is 40.7 Å². The normalized spacial score (nSPS) is 20.4. The van der Waals surface area contributed by atoms with E-state index in [4.69, 9.17) is 9.47 Å². The van der Waals surface area contributed by atoms with Crippen LogP contribution in [0, 0.1) is 17.8 Å². The van der Waals surface area contributed by atoms with Crippen molar-refractivity contribution in [2.75, 3.05) is 13.2 Å². The first-order valence-electron chi connectivity index (χ1n) is 12.5. The van der Waals surface area contributed by atoms with Crippen LogP contribution in [0.4, 0.5) is 0 Å². The van der Waals surface area contributed by atoms with Gasteiger partial charge in [-0.15, -0.1) is 0 Å². The smallest absolute Gasteiger partial charge is 0.119 e. The molecule has 0 radical (unpaired) electrons. The molecule has 33 heavy (non-hydrogen) atoms. The van der Waals surface area contributed by atoms with Crippen LogP contribution in [0.3, 0.4) is 0 Å². The summed E-state index contributed by atoms with van der Waals surface area (Å²) in [6.07, 6.45) is 8.13. The molecule has 1 saturated carbocycles. The largest absolute Gasteiger partial charge is 0.493 e. The molecule has 4 rings (SSSR count). The summed E-state index contributed by atoms with van der Waals surface area (Å²) in [4.78, 5) is 0. The highest BCUT2D eigenvalue weighted by atomic mass is 16.5. The van der Waals surface area contributed by atoms with Crippen molar-refractivity contribution in [3.8, 4) is 11.5 Å². The Hall–Kier alpha value is -2.74. The van der Waals surface area contributed by atoms with Gasteiger partial charge in [-0.05, 0) is 89.1 Å². The summed E-state index contributed by atoms with van der Waals surface area (Å²) < 4.78 is 11.8. The minimum atomic E-state index is 0.529. The molecule has 1 atom stereocenters. The molecule has 2 aromatic rings. The standard InChI is InChI=1S/C31H38O2/c1-21(2)19-32-27-12-7-24(8-13-27)26-11-17-30(31(18-26)29-16-6-23(29)5)25-9-14-28(15-10-25)33-20-22(3)4/h7-15,17,21-23H,6,16,18-20H2,1-5H3/b31-29+. The number of benzene rings is 2. The molecule has 0 amide bonds. The lowest BCUT2D eigenvalue weighted by molar-refractivity contribution is 0.271. The number of hydrogen-bond donors (Lipinski definition) is 0. The predicted molar refractivity (Wildman–Crippen MR) is 140 cm³/mol. The first-order valence-corrected chi connectivity index (χ1v) is 12.5. The topological polar surface area (TPSA) is 18.5 Å². The molecule has 0 heterocycles. The van der Waals surface area contributed by atoms with Crippen LogP contribution < -0.4 is 9.47 Å². The summed E-state index contributed by atoms with van der Waals surface area (Å²) in [6, 6.07) is 17.3. The van der Waals surface area contributed by atoms with Crippen LogP contribution in [0.25, 0.3) is 11.1 Å². The van der Waals surface area contributed by atoms with Crippen LogP contribution >= 0.6 is 0 Å². The van der Waals surface area contributed by atoms with Gasteiger partial charge in [-0.25, -0.2) is 0 Å². The summed E-state index contributed by atoms with van der Waals surface area (Å²) in [7, 11) is 0. The van der Waals surface area contributed by atoms with E-state index >= 15 is 0 Å². The van der Waals surface area contributed by atoms with E-state index in [2.05, 4.69) is 95.3 Å². The predicted octanol–water partition coefficient (Wildman–Crippen LogP) is 8.35. The van der Waals surface area contributed by atoms with E-state index in [0.29, 0.717) is 17.8 Å². The zero-order chi connectivity index (χ0) is 23.4. The van der Waals surface area contributed by atoms with Gasteiger partial charge in [-0.1, -0.05) is 76.6 Å². The van der Waals surface area contributed by atoms with Crippen LogP contribution in [-0.2, 0) is 0 Å². The number of allylic oxidation sites excluding steroid dienone is 6. The average molecular weight is 443 g/mol. The average Bonchev–Trinajstić information content (AvgIpc) is 2.81. The molecule has 2 heteroatoms. The summed E-state index contributed by atoms with van der Waals surface area (Å²) in [6.45, 7) is 12.6. The summed E-state index contributed by atoms with van der Waals surface area (Å²) in [5, 5.41) is 0. The van der Waals surface area contributed by atoms with Gasteiger partial charge >= 0.3 is 0 Å². The van der Waals surface area contributed by atoms with Crippen molar-refractivity contribution < 1.29 is 9.47 Å². The molecule has 2 aromatic carbocycles. The van der Waals surface area contributed by atoms with Crippen molar-refractivity contribution in [1.29, 1.82) is 0 Å². The second-order valence-corrected chi connectivity index (χ2v) is 10.4. The molecule has 0 saturated heterocycles. The molecular formula is C31H38O2. The quantitative estimate of drug-likeness (QED) is 0.409. The maximum absolute atomic E-state index is 5.89. The lowest BCUT2D eigenvalue weighted by Crippen LogP contribution is -2.16. The van der Waals surface area contributed by atoms with Gasteiger partial charge in [0.15, 0.2) is 0 Å². The van der Waals surface area contributed by atoms with Gasteiger partial charge in [0.1, 0.15) is 11.5 Å². The highest BCUT2D eigenvalue weighted by Gasteiger charge is 2.27. The molecule has 1 fully saturated rings. The van der Waals surface area contributed by atoms with Gasteiger partial charge in [0.05, 0.1) is 13.2 Å². The minimum absolute atomic E-state index is 0.529. The molecule has 1 unspecified atom stereocenters. The van der Waals surface area contributed by atoms with Gasteiger partial charge < -0.3 is 9.47 Å². The fourth-order valence-corrected chi connectivity index (χ4v) is 4.43. The van der Waals surface area contributed by atoms with Gasteiger partial charge in [0, 0.05) is 0 Å². The van der Waals surface area contributed by atoms with Crippen LogP contribution in [0.5, 0.6) is 11.5 Å². The van der Waals surface area contributed by atoms with E-state index in [9.17, 15) is 0 Å². The van der Waals surface area contributed by atoms with Gasteiger partial charge in [0.25, 0.3) is 0 Å². The summed E-state index contributed by atoms with van der Waals surface area (Å²) in [5.74, 6) is 3.64. The molecule has 2 aliphatic carbocycles. The Morgan fingerprint density at radius 1 is 0.758 bits per heavy atom. The lowest BCUT2D eigenvalue weighted by Gasteiger charge is -2.33. The fourth-order valence-electron chi connectivity index (χ4n) is 4.43. The molecule has 0 bridgehead atoms. The minimum Gasteiger partial charge on any atom is -0.493 e. The van der Waals surface area contributed by atoms with E-state index < -0.39 is 0 Å². The first kappa shape index (κ1) is 23.4. The second-order valence-electron chi connectivity index (χ2n) is 10.4.